The van der Waals surface area contributed by atoms with Crippen molar-refractivity contribution in [3.05, 3.63) is 53.7 Å². The monoisotopic (exact) mass is 396 g/mol. The van der Waals surface area contributed by atoms with E-state index in [1.165, 1.54) is 18.1 Å². The molecule has 2 aromatic heterocycles. The van der Waals surface area contributed by atoms with Gasteiger partial charge in [-0.3, -0.25) is 0 Å². The number of benzene rings is 1. The number of aromatic nitrogens is 3. The SMILES string of the molecule is CO[C@H]1Cc2ccccc2[C@H]1Nc1ncnc2c1c(F)cn2[C@@H]1C[C@H](C)[C@@H](O)C1. The van der Waals surface area contributed by atoms with Gasteiger partial charge in [-0.1, -0.05) is 31.2 Å². The Hall–Kier alpha value is -2.51. The molecule has 1 aromatic carbocycles. The quantitative estimate of drug-likeness (QED) is 0.705. The molecule has 7 heteroatoms. The first-order chi connectivity index (χ1) is 14.1. The van der Waals surface area contributed by atoms with Crippen LogP contribution in [0.3, 0.4) is 0 Å². The maximum Gasteiger partial charge on any atom is 0.154 e. The van der Waals surface area contributed by atoms with Crippen LogP contribution in [0.5, 0.6) is 0 Å². The van der Waals surface area contributed by atoms with E-state index in [-0.39, 0.29) is 36.0 Å². The lowest BCUT2D eigenvalue weighted by molar-refractivity contribution is 0.0959. The molecule has 3 aromatic rings. The molecule has 0 saturated heterocycles. The van der Waals surface area contributed by atoms with Crippen molar-refractivity contribution in [2.24, 2.45) is 5.92 Å². The van der Waals surface area contributed by atoms with Crippen LogP contribution in [0.2, 0.25) is 0 Å². The topological polar surface area (TPSA) is 72.2 Å². The van der Waals surface area contributed by atoms with Crippen molar-refractivity contribution < 1.29 is 14.2 Å². The summed E-state index contributed by atoms with van der Waals surface area (Å²) in [6, 6.07) is 8.13. The zero-order valence-electron chi connectivity index (χ0n) is 16.5. The minimum absolute atomic E-state index is 0.0358. The largest absolute Gasteiger partial charge is 0.393 e. The average Bonchev–Trinajstić information content (AvgIpc) is 3.36. The summed E-state index contributed by atoms with van der Waals surface area (Å²) in [5.41, 5.74) is 2.94. The van der Waals surface area contributed by atoms with Crippen LogP contribution in [0.25, 0.3) is 11.0 Å². The molecular formula is C22H25FN4O2. The lowest BCUT2D eigenvalue weighted by Crippen LogP contribution is -2.24. The van der Waals surface area contributed by atoms with Crippen LogP contribution in [-0.4, -0.2) is 39.0 Å². The van der Waals surface area contributed by atoms with Gasteiger partial charge in [-0.05, 0) is 29.9 Å². The van der Waals surface area contributed by atoms with Crippen LogP contribution >= 0.6 is 0 Å². The van der Waals surface area contributed by atoms with Crippen molar-refractivity contribution in [3.63, 3.8) is 0 Å². The molecule has 1 fully saturated rings. The molecule has 0 amide bonds. The van der Waals surface area contributed by atoms with Crippen LogP contribution in [-0.2, 0) is 11.2 Å². The number of ether oxygens (including phenoxy) is 1. The van der Waals surface area contributed by atoms with Gasteiger partial charge in [0.25, 0.3) is 0 Å². The van der Waals surface area contributed by atoms with Gasteiger partial charge in [0, 0.05) is 25.8 Å². The number of rotatable bonds is 4. The lowest BCUT2D eigenvalue weighted by Gasteiger charge is -2.21. The summed E-state index contributed by atoms with van der Waals surface area (Å²) in [6.07, 6.45) is 4.78. The number of anilines is 1. The van der Waals surface area contributed by atoms with E-state index in [2.05, 4.69) is 27.4 Å². The second-order valence-electron chi connectivity index (χ2n) is 8.27. The number of hydrogen-bond acceptors (Lipinski definition) is 5. The van der Waals surface area contributed by atoms with Crippen molar-refractivity contribution in [3.8, 4) is 0 Å². The van der Waals surface area contributed by atoms with Gasteiger partial charge >= 0.3 is 0 Å². The normalized spacial score (nSPS) is 28.8. The maximum atomic E-state index is 15.0. The van der Waals surface area contributed by atoms with Gasteiger partial charge in [0.05, 0.1) is 23.6 Å². The van der Waals surface area contributed by atoms with E-state index in [1.54, 1.807) is 7.11 Å². The Kier molecular flexibility index (Phi) is 4.52. The fraction of sp³-hybridized carbons (Fsp3) is 0.455. The van der Waals surface area contributed by atoms with E-state index in [4.69, 9.17) is 4.74 Å². The van der Waals surface area contributed by atoms with Crippen molar-refractivity contribution in [2.45, 2.75) is 50.5 Å². The van der Waals surface area contributed by atoms with Gasteiger partial charge < -0.3 is 19.7 Å². The number of aliphatic hydroxyl groups excluding tert-OH is 1. The first kappa shape index (κ1) is 18.5. The average molecular weight is 396 g/mol. The Balaban J connectivity index is 1.53. The fourth-order valence-corrected chi connectivity index (χ4v) is 4.94. The Morgan fingerprint density at radius 2 is 2.07 bits per heavy atom. The van der Waals surface area contributed by atoms with Gasteiger partial charge in [0.1, 0.15) is 17.8 Å². The predicted octanol–water partition coefficient (Wildman–Crippen LogP) is 3.63. The Morgan fingerprint density at radius 3 is 2.83 bits per heavy atom. The van der Waals surface area contributed by atoms with E-state index in [0.29, 0.717) is 23.3 Å². The number of hydrogen-bond donors (Lipinski definition) is 2. The third-order valence-electron chi connectivity index (χ3n) is 6.55. The first-order valence-electron chi connectivity index (χ1n) is 10.1. The summed E-state index contributed by atoms with van der Waals surface area (Å²) in [4.78, 5) is 8.74. The number of nitrogens with zero attached hydrogens (tertiary/aromatic N) is 3. The van der Waals surface area contributed by atoms with Crippen molar-refractivity contribution in [1.82, 2.24) is 14.5 Å². The molecule has 1 saturated carbocycles. The van der Waals surface area contributed by atoms with Gasteiger partial charge in [-0.25, -0.2) is 14.4 Å². The molecule has 2 N–H and O–H groups in total. The zero-order valence-corrected chi connectivity index (χ0v) is 16.5. The van der Waals surface area contributed by atoms with Crippen molar-refractivity contribution in [2.75, 3.05) is 12.4 Å². The Labute approximate surface area is 168 Å². The molecule has 0 radical (unpaired) electrons. The molecule has 2 aliphatic carbocycles. The molecule has 2 heterocycles. The molecule has 29 heavy (non-hydrogen) atoms. The van der Waals surface area contributed by atoms with Gasteiger partial charge in [0.15, 0.2) is 5.82 Å². The highest BCUT2D eigenvalue weighted by atomic mass is 19.1. The third kappa shape index (κ3) is 3.00. The van der Waals surface area contributed by atoms with E-state index < -0.39 is 0 Å². The highest BCUT2D eigenvalue weighted by molar-refractivity contribution is 5.88. The molecule has 0 spiro atoms. The van der Waals surface area contributed by atoms with E-state index in [9.17, 15) is 5.11 Å². The molecular weight excluding hydrogens is 371 g/mol. The summed E-state index contributed by atoms with van der Waals surface area (Å²) < 4.78 is 22.6. The van der Waals surface area contributed by atoms with Crippen molar-refractivity contribution in [1.29, 1.82) is 0 Å². The van der Waals surface area contributed by atoms with Crippen LogP contribution in [0.4, 0.5) is 10.2 Å². The molecule has 2 aliphatic rings. The summed E-state index contributed by atoms with van der Waals surface area (Å²) in [6.45, 7) is 2.02. The van der Waals surface area contributed by atoms with Gasteiger partial charge in [-0.2, -0.15) is 0 Å². The molecule has 152 valence electrons. The molecule has 5 atom stereocenters. The summed E-state index contributed by atoms with van der Waals surface area (Å²) in [7, 11) is 1.70. The first-order valence-corrected chi connectivity index (χ1v) is 10.1. The number of methoxy groups -OCH3 is 1. The van der Waals surface area contributed by atoms with E-state index in [1.807, 2.05) is 23.6 Å². The smallest absolute Gasteiger partial charge is 0.154 e. The minimum Gasteiger partial charge on any atom is -0.393 e. The number of fused-ring (bicyclic) bond motifs is 2. The highest BCUT2D eigenvalue weighted by Crippen LogP contribution is 2.40. The second kappa shape index (κ2) is 7.07. The maximum absolute atomic E-state index is 15.0. The van der Waals surface area contributed by atoms with Crippen LogP contribution < -0.4 is 5.32 Å². The standard InChI is InChI=1S/C22H25FN4O2/c1-12-7-14(9-17(12)28)27-10-16(23)19-21(24-11-25-22(19)27)26-20-15-6-4-3-5-13(15)8-18(20)29-2/h3-6,10-12,14,17-18,20,28H,7-9H2,1-2H3,(H,24,25,26)/t12-,14+,17-,18-,20+/m0/s1. The van der Waals surface area contributed by atoms with E-state index >= 15 is 4.39 Å². The summed E-state index contributed by atoms with van der Waals surface area (Å²) in [5, 5.41) is 13.9. The van der Waals surface area contributed by atoms with Crippen LogP contribution in [0.15, 0.2) is 36.8 Å². The fourth-order valence-electron chi connectivity index (χ4n) is 4.94. The number of aliphatic hydroxyl groups is 1. The van der Waals surface area contributed by atoms with Gasteiger partial charge in [-0.15, -0.1) is 0 Å². The predicted molar refractivity (Wildman–Crippen MR) is 108 cm³/mol. The van der Waals surface area contributed by atoms with Gasteiger partial charge in [0.2, 0.25) is 0 Å². The second-order valence-corrected chi connectivity index (χ2v) is 8.27. The lowest BCUT2D eigenvalue weighted by atomic mass is 10.1. The van der Waals surface area contributed by atoms with Crippen LogP contribution in [0.1, 0.15) is 43.0 Å². The third-order valence-corrected chi connectivity index (χ3v) is 6.55. The molecule has 6 nitrogen and oxygen atoms in total. The van der Waals surface area contributed by atoms with Crippen molar-refractivity contribution >= 4 is 16.9 Å². The number of nitrogens with one attached hydrogen (secondary N) is 1. The molecule has 0 aliphatic heterocycles. The van der Waals surface area contributed by atoms with Crippen LogP contribution in [0, 0.1) is 11.7 Å². The summed E-state index contributed by atoms with van der Waals surface area (Å²) in [5.74, 6) is 0.316. The Bertz CT molecular complexity index is 1040. The molecule has 0 unspecified atom stereocenters. The Morgan fingerprint density at radius 1 is 1.24 bits per heavy atom. The highest BCUT2D eigenvalue weighted by Gasteiger charge is 2.35. The number of halogens is 1. The summed E-state index contributed by atoms with van der Waals surface area (Å²) >= 11 is 0. The molecule has 5 rings (SSSR count). The van der Waals surface area contributed by atoms with E-state index in [0.717, 1.165) is 18.4 Å². The molecule has 0 bridgehead atoms. The minimum atomic E-state index is -0.364. The zero-order chi connectivity index (χ0) is 20.1.